The average molecular weight is 440 g/mol. The number of esters is 1. The molecule has 11 heteroatoms. The number of aromatic nitrogens is 2. The van der Waals surface area contributed by atoms with E-state index in [9.17, 15) is 28.9 Å². The van der Waals surface area contributed by atoms with Gasteiger partial charge in [-0.25, -0.2) is 9.48 Å². The maximum absolute atomic E-state index is 13.4. The van der Waals surface area contributed by atoms with Crippen LogP contribution in [-0.4, -0.2) is 39.0 Å². The van der Waals surface area contributed by atoms with Crippen molar-refractivity contribution in [1.29, 1.82) is 0 Å². The third-order valence-electron chi connectivity index (χ3n) is 4.47. The third-order valence-corrected chi connectivity index (χ3v) is 4.47. The number of ether oxygens (including phenoxy) is 1. The van der Waals surface area contributed by atoms with E-state index >= 15 is 0 Å². The number of halogens is 1. The first-order chi connectivity index (χ1) is 15.2. The molecule has 0 saturated heterocycles. The van der Waals surface area contributed by atoms with Crippen LogP contribution in [0.15, 0.2) is 48.5 Å². The zero-order valence-electron chi connectivity index (χ0n) is 17.0. The summed E-state index contributed by atoms with van der Waals surface area (Å²) in [7, 11) is 0. The molecule has 10 nitrogen and oxygen atoms in total. The van der Waals surface area contributed by atoms with E-state index in [-0.39, 0.29) is 11.3 Å². The molecule has 0 atom stereocenters. The number of carbonyl (C=O) groups is 3. The number of rotatable bonds is 7. The zero-order chi connectivity index (χ0) is 23.4. The largest absolute Gasteiger partial charge is 0.450 e. The van der Waals surface area contributed by atoms with E-state index in [1.54, 1.807) is 38.1 Å². The van der Waals surface area contributed by atoms with E-state index in [0.717, 1.165) is 18.2 Å². The fourth-order valence-corrected chi connectivity index (χ4v) is 3.02. The molecule has 3 aromatic rings. The van der Waals surface area contributed by atoms with Gasteiger partial charge in [0, 0.05) is 11.8 Å². The Morgan fingerprint density at radius 1 is 1.16 bits per heavy atom. The standard InChI is InChI=1S/C21H17FN4O6/c1-12-19(13(2)25(24-12)15-6-4-3-5-7-15)20(28)21(29)32-11-18(27)23-14-8-9-16(22)17(10-14)26(30)31/h3-10H,11H2,1-2H3,(H,23,27). The van der Waals surface area contributed by atoms with Gasteiger partial charge in [-0.05, 0) is 38.1 Å². The molecule has 0 radical (unpaired) electrons. The SMILES string of the molecule is Cc1nn(-c2ccccc2)c(C)c1C(=O)C(=O)OCC(=O)Nc1ccc(F)c([N+](=O)[O-])c1. The Morgan fingerprint density at radius 2 is 1.84 bits per heavy atom. The zero-order valence-corrected chi connectivity index (χ0v) is 17.0. The molecular weight excluding hydrogens is 423 g/mol. The number of nitro groups is 1. The van der Waals surface area contributed by atoms with E-state index in [1.165, 1.54) is 4.68 Å². The van der Waals surface area contributed by atoms with Crippen molar-refractivity contribution in [2.45, 2.75) is 13.8 Å². The molecule has 1 N–H and O–H groups in total. The van der Waals surface area contributed by atoms with Crippen molar-refractivity contribution in [1.82, 2.24) is 9.78 Å². The summed E-state index contributed by atoms with van der Waals surface area (Å²) in [6.45, 7) is 2.38. The normalized spacial score (nSPS) is 10.5. The van der Waals surface area contributed by atoms with Gasteiger partial charge >= 0.3 is 11.7 Å². The summed E-state index contributed by atoms with van der Waals surface area (Å²) in [4.78, 5) is 46.6. The topological polar surface area (TPSA) is 133 Å². The highest BCUT2D eigenvalue weighted by Crippen LogP contribution is 2.22. The molecule has 32 heavy (non-hydrogen) atoms. The van der Waals surface area contributed by atoms with Crippen molar-refractivity contribution < 1.29 is 28.4 Å². The second-order valence-corrected chi connectivity index (χ2v) is 6.67. The van der Waals surface area contributed by atoms with Crippen LogP contribution < -0.4 is 5.32 Å². The molecule has 1 heterocycles. The van der Waals surface area contributed by atoms with E-state index in [4.69, 9.17) is 4.74 Å². The number of hydrogen-bond acceptors (Lipinski definition) is 7. The summed E-state index contributed by atoms with van der Waals surface area (Å²) in [6.07, 6.45) is 0. The summed E-state index contributed by atoms with van der Waals surface area (Å²) < 4.78 is 19.7. The molecule has 0 unspecified atom stereocenters. The number of nitrogens with zero attached hydrogens (tertiary/aromatic N) is 3. The van der Waals surface area contributed by atoms with Crippen molar-refractivity contribution in [3.05, 3.63) is 81.4 Å². The average Bonchev–Trinajstić information content (AvgIpc) is 3.07. The molecule has 0 aliphatic rings. The molecule has 1 aromatic heterocycles. The Morgan fingerprint density at radius 3 is 2.50 bits per heavy atom. The van der Waals surface area contributed by atoms with Crippen LogP contribution in [0, 0.1) is 29.8 Å². The van der Waals surface area contributed by atoms with Crippen molar-refractivity contribution in [2.75, 3.05) is 11.9 Å². The quantitative estimate of drug-likeness (QED) is 0.196. The van der Waals surface area contributed by atoms with Crippen LogP contribution >= 0.6 is 0 Å². The van der Waals surface area contributed by atoms with Gasteiger partial charge in [0.05, 0.1) is 27.6 Å². The van der Waals surface area contributed by atoms with Gasteiger partial charge in [-0.2, -0.15) is 9.49 Å². The Balaban J connectivity index is 1.66. The summed E-state index contributed by atoms with van der Waals surface area (Å²) >= 11 is 0. The number of ketones is 1. The molecule has 1 amide bonds. The van der Waals surface area contributed by atoms with Crippen LogP contribution in [0.4, 0.5) is 15.8 Å². The molecule has 3 rings (SSSR count). The molecule has 0 bridgehead atoms. The number of hydrogen-bond donors (Lipinski definition) is 1. The number of aryl methyl sites for hydroxylation is 1. The Labute approximate surface area is 180 Å². The second kappa shape index (κ2) is 9.16. The van der Waals surface area contributed by atoms with Crippen molar-refractivity contribution in [3.63, 3.8) is 0 Å². The monoisotopic (exact) mass is 440 g/mol. The van der Waals surface area contributed by atoms with Crippen LogP contribution in [0.5, 0.6) is 0 Å². The number of Topliss-reactive ketones (excluding diaryl/α,β-unsaturated/α-hetero) is 1. The van der Waals surface area contributed by atoms with Crippen LogP contribution in [0.25, 0.3) is 5.69 Å². The third kappa shape index (κ3) is 4.67. The minimum Gasteiger partial charge on any atom is -0.450 e. The Kier molecular flexibility index (Phi) is 6.38. The lowest BCUT2D eigenvalue weighted by Crippen LogP contribution is -2.25. The van der Waals surface area contributed by atoms with E-state index in [1.807, 2.05) is 6.07 Å². The van der Waals surface area contributed by atoms with Crippen molar-refractivity contribution >= 4 is 29.0 Å². The van der Waals surface area contributed by atoms with Gasteiger partial charge in [0.2, 0.25) is 5.82 Å². The van der Waals surface area contributed by atoms with Crippen LogP contribution in [0.1, 0.15) is 21.7 Å². The number of anilines is 1. The summed E-state index contributed by atoms with van der Waals surface area (Å²) in [5, 5.41) is 17.3. The predicted octanol–water partition coefficient (Wildman–Crippen LogP) is 2.90. The van der Waals surface area contributed by atoms with Gasteiger partial charge in [-0.1, -0.05) is 18.2 Å². The summed E-state index contributed by atoms with van der Waals surface area (Å²) in [6, 6.07) is 11.8. The Bertz CT molecular complexity index is 1220. The predicted molar refractivity (Wildman–Crippen MR) is 110 cm³/mol. The van der Waals surface area contributed by atoms with Gasteiger partial charge in [0.25, 0.3) is 11.7 Å². The molecule has 2 aromatic carbocycles. The van der Waals surface area contributed by atoms with E-state index in [2.05, 4.69) is 10.4 Å². The number of para-hydroxylation sites is 1. The van der Waals surface area contributed by atoms with Crippen molar-refractivity contribution in [3.8, 4) is 5.69 Å². The molecular formula is C21H17FN4O6. The maximum atomic E-state index is 13.4. The van der Waals surface area contributed by atoms with Gasteiger partial charge in [-0.3, -0.25) is 19.7 Å². The maximum Gasteiger partial charge on any atom is 0.380 e. The lowest BCUT2D eigenvalue weighted by molar-refractivity contribution is -0.387. The lowest BCUT2D eigenvalue weighted by Gasteiger charge is -2.07. The van der Waals surface area contributed by atoms with Gasteiger partial charge in [0.1, 0.15) is 0 Å². The highest BCUT2D eigenvalue weighted by atomic mass is 19.1. The number of carbonyl (C=O) groups excluding carboxylic acids is 3. The number of nitro benzene ring substituents is 1. The first kappa shape index (κ1) is 22.3. The number of nitrogens with one attached hydrogen (secondary N) is 1. The molecule has 0 fully saturated rings. The van der Waals surface area contributed by atoms with Crippen LogP contribution in [0.3, 0.4) is 0 Å². The first-order valence-corrected chi connectivity index (χ1v) is 9.26. The number of benzene rings is 2. The number of amides is 1. The van der Waals surface area contributed by atoms with Crippen molar-refractivity contribution in [2.24, 2.45) is 0 Å². The molecule has 0 spiro atoms. The molecule has 0 aliphatic carbocycles. The van der Waals surface area contributed by atoms with Crippen LogP contribution in [0.2, 0.25) is 0 Å². The van der Waals surface area contributed by atoms with E-state index in [0.29, 0.717) is 17.1 Å². The fourth-order valence-electron chi connectivity index (χ4n) is 3.02. The smallest absolute Gasteiger partial charge is 0.380 e. The summed E-state index contributed by atoms with van der Waals surface area (Å²) in [5.74, 6) is -4.15. The molecule has 164 valence electrons. The highest BCUT2D eigenvalue weighted by molar-refractivity contribution is 6.41. The Hall–Kier alpha value is -4.41. The van der Waals surface area contributed by atoms with Gasteiger partial charge in [-0.15, -0.1) is 0 Å². The highest BCUT2D eigenvalue weighted by Gasteiger charge is 2.27. The molecule has 0 aliphatic heterocycles. The minimum absolute atomic E-state index is 0.0634. The summed E-state index contributed by atoms with van der Waals surface area (Å²) in [5.41, 5.74) is 0.620. The minimum atomic E-state index is -1.26. The first-order valence-electron chi connectivity index (χ1n) is 9.26. The van der Waals surface area contributed by atoms with Gasteiger partial charge in [0.15, 0.2) is 6.61 Å². The van der Waals surface area contributed by atoms with Crippen LogP contribution in [-0.2, 0) is 14.3 Å². The van der Waals surface area contributed by atoms with E-state index < -0.39 is 40.7 Å². The van der Waals surface area contributed by atoms with Gasteiger partial charge < -0.3 is 10.1 Å². The lowest BCUT2D eigenvalue weighted by atomic mass is 10.1. The fraction of sp³-hybridized carbons (Fsp3) is 0.143. The second-order valence-electron chi connectivity index (χ2n) is 6.67. The molecule has 0 saturated carbocycles.